The number of hydrogen-bond acceptors (Lipinski definition) is 2. The van der Waals surface area contributed by atoms with Gasteiger partial charge in [-0.3, -0.25) is 0 Å². The fourth-order valence-corrected chi connectivity index (χ4v) is 2.18. The first-order valence-corrected chi connectivity index (χ1v) is 4.74. The molecule has 1 heterocycles. The lowest BCUT2D eigenvalue weighted by atomic mass is 9.78. The fraction of sp³-hybridized carbons (Fsp3) is 1.00. The normalized spacial score (nSPS) is 39.0. The van der Waals surface area contributed by atoms with Crippen LogP contribution >= 0.6 is 0 Å². The minimum atomic E-state index is 0.371. The van der Waals surface area contributed by atoms with Crippen LogP contribution in [0, 0.1) is 11.8 Å². The van der Waals surface area contributed by atoms with Gasteiger partial charge in [-0.1, -0.05) is 6.42 Å². The van der Waals surface area contributed by atoms with Crippen LogP contribution in [0.5, 0.6) is 0 Å². The van der Waals surface area contributed by atoms with E-state index in [0.717, 1.165) is 18.5 Å². The number of hydrogen-bond donors (Lipinski definition) is 2. The highest BCUT2D eigenvalue weighted by atomic mass is 16.3. The maximum atomic E-state index is 8.92. The van der Waals surface area contributed by atoms with Crippen molar-refractivity contribution in [1.29, 1.82) is 0 Å². The van der Waals surface area contributed by atoms with Crippen molar-refractivity contribution in [3.8, 4) is 0 Å². The molecule has 0 spiro atoms. The van der Waals surface area contributed by atoms with E-state index >= 15 is 0 Å². The molecule has 64 valence electrons. The van der Waals surface area contributed by atoms with Crippen LogP contribution in [0.2, 0.25) is 0 Å². The Morgan fingerprint density at radius 1 is 1.36 bits per heavy atom. The lowest BCUT2D eigenvalue weighted by Gasteiger charge is -2.31. The van der Waals surface area contributed by atoms with Crippen LogP contribution in [0.25, 0.3) is 0 Å². The Balaban J connectivity index is 1.79. The highest BCUT2D eigenvalue weighted by molar-refractivity contribution is 4.89. The largest absolute Gasteiger partial charge is 0.396 e. The Morgan fingerprint density at radius 2 is 2.18 bits per heavy atom. The van der Waals surface area contributed by atoms with E-state index in [0.29, 0.717) is 12.5 Å². The summed E-state index contributed by atoms with van der Waals surface area (Å²) in [6, 6.07) is 0.737. The van der Waals surface area contributed by atoms with Crippen molar-refractivity contribution < 1.29 is 5.11 Å². The van der Waals surface area contributed by atoms with Gasteiger partial charge in [0.1, 0.15) is 0 Å². The zero-order valence-electron chi connectivity index (χ0n) is 6.92. The highest BCUT2D eigenvalue weighted by Crippen LogP contribution is 2.34. The molecular formula is C9H17NO. The first kappa shape index (κ1) is 7.56. The van der Waals surface area contributed by atoms with Gasteiger partial charge in [0.05, 0.1) is 0 Å². The number of rotatable bonds is 2. The van der Waals surface area contributed by atoms with Crippen molar-refractivity contribution >= 4 is 0 Å². The third kappa shape index (κ3) is 1.42. The van der Waals surface area contributed by atoms with Gasteiger partial charge in [0.25, 0.3) is 0 Å². The SMILES string of the molecule is OCC1CNC(C2CCC2)C1. The second-order valence-corrected chi connectivity index (χ2v) is 3.99. The molecule has 1 saturated carbocycles. The second-order valence-electron chi connectivity index (χ2n) is 3.99. The molecular weight excluding hydrogens is 138 g/mol. The summed E-state index contributed by atoms with van der Waals surface area (Å²) in [5, 5.41) is 12.4. The van der Waals surface area contributed by atoms with E-state index in [1.54, 1.807) is 0 Å². The van der Waals surface area contributed by atoms with Gasteiger partial charge in [-0.05, 0) is 31.1 Å². The maximum absolute atomic E-state index is 8.92. The second kappa shape index (κ2) is 3.11. The van der Waals surface area contributed by atoms with Crippen LogP contribution in [0.3, 0.4) is 0 Å². The molecule has 2 rings (SSSR count). The van der Waals surface area contributed by atoms with Crippen LogP contribution in [0.15, 0.2) is 0 Å². The molecule has 1 aliphatic heterocycles. The summed E-state index contributed by atoms with van der Waals surface area (Å²) in [5.74, 6) is 1.48. The lowest BCUT2D eigenvalue weighted by Crippen LogP contribution is -2.34. The zero-order chi connectivity index (χ0) is 7.68. The van der Waals surface area contributed by atoms with Crippen molar-refractivity contribution in [2.45, 2.75) is 31.7 Å². The van der Waals surface area contributed by atoms with Gasteiger partial charge < -0.3 is 10.4 Å². The molecule has 2 nitrogen and oxygen atoms in total. The summed E-state index contributed by atoms with van der Waals surface area (Å²) >= 11 is 0. The van der Waals surface area contributed by atoms with Crippen LogP contribution < -0.4 is 5.32 Å². The molecule has 2 heteroatoms. The summed E-state index contributed by atoms with van der Waals surface area (Å²) in [4.78, 5) is 0. The number of nitrogens with one attached hydrogen (secondary N) is 1. The van der Waals surface area contributed by atoms with Crippen molar-refractivity contribution in [1.82, 2.24) is 5.32 Å². The van der Waals surface area contributed by atoms with E-state index < -0.39 is 0 Å². The molecule has 0 aromatic rings. The highest BCUT2D eigenvalue weighted by Gasteiger charge is 2.32. The van der Waals surface area contributed by atoms with Crippen LogP contribution in [-0.4, -0.2) is 24.3 Å². The molecule has 0 radical (unpaired) electrons. The molecule has 11 heavy (non-hydrogen) atoms. The predicted octanol–water partition coefficient (Wildman–Crippen LogP) is 0.757. The molecule has 1 saturated heterocycles. The van der Waals surface area contributed by atoms with Crippen molar-refractivity contribution in [2.75, 3.05) is 13.2 Å². The van der Waals surface area contributed by atoms with Crippen molar-refractivity contribution in [2.24, 2.45) is 11.8 Å². The summed E-state index contributed by atoms with van der Waals surface area (Å²) in [6.45, 7) is 1.41. The predicted molar refractivity (Wildman–Crippen MR) is 44.3 cm³/mol. The first-order valence-electron chi connectivity index (χ1n) is 4.74. The Labute approximate surface area is 68.0 Å². The number of aliphatic hydroxyl groups excluding tert-OH is 1. The third-order valence-electron chi connectivity index (χ3n) is 3.23. The third-order valence-corrected chi connectivity index (χ3v) is 3.23. The quantitative estimate of drug-likeness (QED) is 0.617. The van der Waals surface area contributed by atoms with Crippen LogP contribution in [0.4, 0.5) is 0 Å². The first-order chi connectivity index (χ1) is 5.40. The molecule has 1 aliphatic carbocycles. The summed E-state index contributed by atoms with van der Waals surface area (Å²) < 4.78 is 0. The molecule has 2 atom stereocenters. The van der Waals surface area contributed by atoms with Crippen molar-refractivity contribution in [3.05, 3.63) is 0 Å². The standard InChI is InChI=1S/C9H17NO/c11-6-7-4-9(10-5-7)8-2-1-3-8/h7-11H,1-6H2. The minimum absolute atomic E-state index is 0.371. The Kier molecular flexibility index (Phi) is 2.14. The monoisotopic (exact) mass is 155 g/mol. The van der Waals surface area contributed by atoms with Gasteiger partial charge in [0.15, 0.2) is 0 Å². The van der Waals surface area contributed by atoms with E-state index in [1.165, 1.54) is 25.7 Å². The van der Waals surface area contributed by atoms with Gasteiger partial charge in [0.2, 0.25) is 0 Å². The van der Waals surface area contributed by atoms with Crippen LogP contribution in [-0.2, 0) is 0 Å². The average molecular weight is 155 g/mol. The summed E-state index contributed by atoms with van der Waals surface area (Å²) in [7, 11) is 0. The van der Waals surface area contributed by atoms with E-state index in [-0.39, 0.29) is 0 Å². The van der Waals surface area contributed by atoms with Crippen LogP contribution in [0.1, 0.15) is 25.7 Å². The van der Waals surface area contributed by atoms with E-state index in [2.05, 4.69) is 5.32 Å². The smallest absolute Gasteiger partial charge is 0.0471 e. The Morgan fingerprint density at radius 3 is 2.64 bits per heavy atom. The van der Waals surface area contributed by atoms with Gasteiger partial charge in [-0.25, -0.2) is 0 Å². The summed E-state index contributed by atoms with van der Waals surface area (Å²) in [6.07, 6.45) is 5.46. The van der Waals surface area contributed by atoms with Gasteiger partial charge in [-0.2, -0.15) is 0 Å². The summed E-state index contributed by atoms with van der Waals surface area (Å²) in [5.41, 5.74) is 0. The van der Waals surface area contributed by atoms with E-state index in [9.17, 15) is 0 Å². The molecule has 0 aromatic heterocycles. The molecule has 0 amide bonds. The fourth-order valence-electron chi connectivity index (χ4n) is 2.18. The Bertz CT molecular complexity index is 134. The van der Waals surface area contributed by atoms with Crippen molar-refractivity contribution in [3.63, 3.8) is 0 Å². The van der Waals surface area contributed by atoms with E-state index in [1.807, 2.05) is 0 Å². The van der Waals surface area contributed by atoms with Gasteiger partial charge in [-0.15, -0.1) is 0 Å². The maximum Gasteiger partial charge on any atom is 0.0471 e. The van der Waals surface area contributed by atoms with Gasteiger partial charge in [0, 0.05) is 19.2 Å². The lowest BCUT2D eigenvalue weighted by molar-refractivity contribution is 0.215. The topological polar surface area (TPSA) is 32.3 Å². The van der Waals surface area contributed by atoms with E-state index in [4.69, 9.17) is 5.11 Å². The molecule has 2 N–H and O–H groups in total. The molecule has 0 bridgehead atoms. The minimum Gasteiger partial charge on any atom is -0.396 e. The Hall–Kier alpha value is -0.0800. The molecule has 2 aliphatic rings. The molecule has 2 fully saturated rings. The molecule has 2 unspecified atom stereocenters. The number of aliphatic hydroxyl groups is 1. The zero-order valence-corrected chi connectivity index (χ0v) is 6.92. The van der Waals surface area contributed by atoms with Gasteiger partial charge >= 0.3 is 0 Å². The molecule has 0 aromatic carbocycles. The average Bonchev–Trinajstić information content (AvgIpc) is 2.32.